The van der Waals surface area contributed by atoms with Crippen molar-refractivity contribution in [3.8, 4) is 0 Å². The maximum absolute atomic E-state index is 5.62. The molecule has 3 heteroatoms. The van der Waals surface area contributed by atoms with Crippen molar-refractivity contribution in [2.75, 3.05) is 14.2 Å². The van der Waals surface area contributed by atoms with Crippen LogP contribution in [0.4, 0.5) is 0 Å². The molecule has 1 heterocycles. The minimum atomic E-state index is 0.386. The van der Waals surface area contributed by atoms with Crippen LogP contribution in [0.25, 0.3) is 0 Å². The summed E-state index contributed by atoms with van der Waals surface area (Å²) in [6, 6.07) is 4.78. The highest BCUT2D eigenvalue weighted by atomic mass is 32.1. The Bertz CT molecular complexity index is 282. The summed E-state index contributed by atoms with van der Waals surface area (Å²) in [7, 11) is 3.87. The van der Waals surface area contributed by atoms with Crippen molar-refractivity contribution in [1.82, 2.24) is 5.32 Å². The van der Waals surface area contributed by atoms with Crippen molar-refractivity contribution in [3.05, 3.63) is 22.4 Å². The second kappa shape index (κ2) is 5.10. The highest BCUT2D eigenvalue weighted by Crippen LogP contribution is 2.36. The summed E-state index contributed by atoms with van der Waals surface area (Å²) in [6.07, 6.45) is 4.14. The lowest BCUT2D eigenvalue weighted by Gasteiger charge is -2.25. The Labute approximate surface area is 95.6 Å². The Balaban J connectivity index is 1.96. The predicted octanol–water partition coefficient (Wildman–Crippen LogP) is 2.30. The maximum Gasteiger partial charge on any atom is 0.0755 e. The van der Waals surface area contributed by atoms with Crippen LogP contribution >= 0.6 is 11.3 Å². The van der Waals surface area contributed by atoms with Crippen LogP contribution in [-0.2, 0) is 11.2 Å². The number of hydrogen-bond acceptors (Lipinski definition) is 3. The number of nitrogens with one attached hydrogen (secondary N) is 1. The minimum absolute atomic E-state index is 0.386. The van der Waals surface area contributed by atoms with Gasteiger partial charge in [-0.05, 0) is 43.7 Å². The van der Waals surface area contributed by atoms with Gasteiger partial charge in [-0.15, -0.1) is 11.3 Å². The van der Waals surface area contributed by atoms with Gasteiger partial charge in [0.15, 0.2) is 0 Å². The average molecular weight is 225 g/mol. The van der Waals surface area contributed by atoms with E-state index in [0.29, 0.717) is 12.1 Å². The van der Waals surface area contributed by atoms with Crippen molar-refractivity contribution >= 4 is 11.3 Å². The van der Waals surface area contributed by atoms with Gasteiger partial charge < -0.3 is 10.1 Å². The normalized spacial score (nSPS) is 20.1. The van der Waals surface area contributed by atoms with Crippen molar-refractivity contribution in [2.24, 2.45) is 5.92 Å². The first-order chi connectivity index (χ1) is 7.35. The van der Waals surface area contributed by atoms with Gasteiger partial charge in [0.05, 0.1) is 6.10 Å². The van der Waals surface area contributed by atoms with Crippen molar-refractivity contribution in [3.63, 3.8) is 0 Å². The van der Waals surface area contributed by atoms with Gasteiger partial charge in [0, 0.05) is 18.0 Å². The third-order valence-corrected chi connectivity index (χ3v) is 4.03. The zero-order valence-electron chi connectivity index (χ0n) is 9.40. The topological polar surface area (TPSA) is 21.3 Å². The van der Waals surface area contributed by atoms with Gasteiger partial charge in [-0.2, -0.15) is 0 Å². The Morgan fingerprint density at radius 2 is 2.40 bits per heavy atom. The van der Waals surface area contributed by atoms with Gasteiger partial charge in [0.25, 0.3) is 0 Å². The molecule has 84 valence electrons. The summed E-state index contributed by atoms with van der Waals surface area (Å²) in [5.41, 5.74) is 0. The molecule has 0 radical (unpaired) electrons. The molecule has 0 aromatic carbocycles. The third-order valence-electron chi connectivity index (χ3n) is 3.13. The van der Waals surface area contributed by atoms with Crippen LogP contribution in [0.15, 0.2) is 17.5 Å². The summed E-state index contributed by atoms with van der Waals surface area (Å²) < 4.78 is 5.62. The minimum Gasteiger partial charge on any atom is -0.380 e. The van der Waals surface area contributed by atoms with Crippen LogP contribution in [0, 0.1) is 5.92 Å². The molecule has 0 saturated heterocycles. The highest BCUT2D eigenvalue weighted by Gasteiger charge is 2.36. The molecule has 1 aromatic rings. The fraction of sp³-hybridized carbons (Fsp3) is 0.667. The van der Waals surface area contributed by atoms with Crippen LogP contribution in [0.2, 0.25) is 0 Å². The summed E-state index contributed by atoms with van der Waals surface area (Å²) in [4.78, 5) is 1.44. The monoisotopic (exact) mass is 225 g/mol. The molecule has 2 rings (SSSR count). The summed E-state index contributed by atoms with van der Waals surface area (Å²) in [5, 5.41) is 5.53. The average Bonchev–Trinajstić information content (AvgIpc) is 2.95. The molecule has 1 aromatic heterocycles. The molecule has 0 spiro atoms. The Morgan fingerprint density at radius 1 is 1.60 bits per heavy atom. The molecular formula is C12H19NOS. The first-order valence-corrected chi connectivity index (χ1v) is 6.45. The predicted molar refractivity (Wildman–Crippen MR) is 64.4 cm³/mol. The maximum atomic E-state index is 5.62. The highest BCUT2D eigenvalue weighted by molar-refractivity contribution is 7.09. The fourth-order valence-electron chi connectivity index (χ4n) is 2.14. The van der Waals surface area contributed by atoms with E-state index in [1.807, 2.05) is 25.5 Å². The van der Waals surface area contributed by atoms with Crippen molar-refractivity contribution < 1.29 is 4.74 Å². The largest absolute Gasteiger partial charge is 0.380 e. The molecule has 0 amide bonds. The van der Waals surface area contributed by atoms with E-state index in [0.717, 1.165) is 12.3 Å². The number of likely N-dealkylation sites (N-methyl/N-ethyl adjacent to an activating group) is 1. The van der Waals surface area contributed by atoms with Gasteiger partial charge in [0.2, 0.25) is 0 Å². The zero-order chi connectivity index (χ0) is 10.7. The first-order valence-electron chi connectivity index (χ1n) is 5.57. The van der Waals surface area contributed by atoms with Crippen molar-refractivity contribution in [1.29, 1.82) is 0 Å². The van der Waals surface area contributed by atoms with E-state index in [1.165, 1.54) is 17.7 Å². The quantitative estimate of drug-likeness (QED) is 0.802. The molecule has 1 N–H and O–H groups in total. The number of thiophene rings is 1. The van der Waals surface area contributed by atoms with E-state index in [1.54, 1.807) is 0 Å². The number of ether oxygens (including phenoxy) is 1. The number of hydrogen-bond donors (Lipinski definition) is 1. The van der Waals surface area contributed by atoms with Gasteiger partial charge in [-0.3, -0.25) is 0 Å². The standard InChI is InChI=1S/C12H19NOS/c1-13-11(8-10-4-3-7-15-10)12(14-2)9-5-6-9/h3-4,7,9,11-13H,5-6,8H2,1-2H3. The molecule has 2 atom stereocenters. The summed E-state index contributed by atoms with van der Waals surface area (Å²) >= 11 is 1.83. The Hall–Kier alpha value is -0.380. The number of rotatable bonds is 6. The molecular weight excluding hydrogens is 206 g/mol. The molecule has 1 aliphatic rings. The van der Waals surface area contributed by atoms with Crippen LogP contribution in [0.1, 0.15) is 17.7 Å². The Kier molecular flexibility index (Phi) is 3.78. The molecule has 1 aliphatic carbocycles. The van der Waals surface area contributed by atoms with Gasteiger partial charge in [0.1, 0.15) is 0 Å². The van der Waals surface area contributed by atoms with Gasteiger partial charge in [-0.25, -0.2) is 0 Å². The molecule has 1 saturated carbocycles. The molecule has 0 aliphatic heterocycles. The van der Waals surface area contributed by atoms with Gasteiger partial charge >= 0.3 is 0 Å². The molecule has 15 heavy (non-hydrogen) atoms. The third kappa shape index (κ3) is 2.80. The van der Waals surface area contributed by atoms with Crippen LogP contribution in [-0.4, -0.2) is 26.3 Å². The smallest absolute Gasteiger partial charge is 0.0755 e. The molecule has 1 fully saturated rings. The van der Waals surface area contributed by atoms with E-state index in [4.69, 9.17) is 4.74 Å². The second-order valence-electron chi connectivity index (χ2n) is 4.22. The Morgan fingerprint density at radius 3 is 2.87 bits per heavy atom. The van der Waals surface area contributed by atoms with Crippen LogP contribution in [0.5, 0.6) is 0 Å². The van der Waals surface area contributed by atoms with E-state index in [-0.39, 0.29) is 0 Å². The van der Waals surface area contributed by atoms with E-state index >= 15 is 0 Å². The lowest BCUT2D eigenvalue weighted by Crippen LogP contribution is -2.41. The van der Waals surface area contributed by atoms with E-state index in [9.17, 15) is 0 Å². The van der Waals surface area contributed by atoms with Crippen LogP contribution < -0.4 is 5.32 Å². The van der Waals surface area contributed by atoms with Gasteiger partial charge in [-0.1, -0.05) is 6.07 Å². The summed E-state index contributed by atoms with van der Waals surface area (Å²) in [6.45, 7) is 0. The summed E-state index contributed by atoms with van der Waals surface area (Å²) in [5.74, 6) is 0.785. The molecule has 2 unspecified atom stereocenters. The van der Waals surface area contributed by atoms with E-state index in [2.05, 4.69) is 22.8 Å². The first kappa shape index (κ1) is 11.1. The van der Waals surface area contributed by atoms with Crippen LogP contribution in [0.3, 0.4) is 0 Å². The number of methoxy groups -OCH3 is 1. The fourth-order valence-corrected chi connectivity index (χ4v) is 2.90. The lowest BCUT2D eigenvalue weighted by molar-refractivity contribution is 0.0536. The second-order valence-corrected chi connectivity index (χ2v) is 5.25. The van der Waals surface area contributed by atoms with Crippen molar-refractivity contribution in [2.45, 2.75) is 31.4 Å². The SMILES string of the molecule is CNC(Cc1cccs1)C(OC)C1CC1. The lowest BCUT2D eigenvalue weighted by atomic mass is 10.0. The molecule has 0 bridgehead atoms. The van der Waals surface area contributed by atoms with E-state index < -0.39 is 0 Å². The zero-order valence-corrected chi connectivity index (χ0v) is 10.2. The molecule has 2 nitrogen and oxygen atoms in total.